The summed E-state index contributed by atoms with van der Waals surface area (Å²) in [6, 6.07) is 69.7. The van der Waals surface area contributed by atoms with Crippen molar-refractivity contribution in [2.75, 3.05) is 4.90 Å². The Hall–Kier alpha value is -6.64. The first kappa shape index (κ1) is 39.5. The summed E-state index contributed by atoms with van der Waals surface area (Å²) in [5, 5.41) is 2.61. The summed E-state index contributed by atoms with van der Waals surface area (Å²) < 4.78 is 2.56. The van der Waals surface area contributed by atoms with Crippen molar-refractivity contribution in [1.29, 1.82) is 0 Å². The molecule has 0 spiro atoms. The van der Waals surface area contributed by atoms with E-state index in [1.54, 1.807) is 0 Å². The monoisotopic (exact) mass is 866 g/mol. The van der Waals surface area contributed by atoms with E-state index in [0.717, 1.165) is 23.7 Å². The van der Waals surface area contributed by atoms with Crippen LogP contribution in [0.25, 0.3) is 60.9 Å². The van der Waals surface area contributed by atoms with Crippen LogP contribution in [0.4, 0.5) is 17.1 Å². The number of nitrogens with zero attached hydrogens (tertiary/aromatic N) is 2. The molecular weight excluding hydrogens is 809 g/mol. The van der Waals surface area contributed by atoms with Crippen molar-refractivity contribution in [2.45, 2.75) is 82.5 Å². The zero-order valence-corrected chi connectivity index (χ0v) is 38.8. The number of hydrogen-bond acceptors (Lipinski definition) is 1. The Bertz CT molecular complexity index is 3270. The third kappa shape index (κ3) is 6.14. The Kier molecular flexibility index (Phi) is 8.96. The van der Waals surface area contributed by atoms with Crippen LogP contribution in [0.3, 0.4) is 0 Å². The summed E-state index contributed by atoms with van der Waals surface area (Å²) in [6.45, 7) is 4.96. The highest BCUT2D eigenvalue weighted by Crippen LogP contribution is 2.58. The molecule has 0 radical (unpaired) electrons. The van der Waals surface area contributed by atoms with Gasteiger partial charge in [0.2, 0.25) is 0 Å². The van der Waals surface area contributed by atoms with Crippen LogP contribution in [-0.2, 0) is 5.41 Å². The summed E-state index contributed by atoms with van der Waals surface area (Å²) in [6.07, 6.45) is 11.2. The van der Waals surface area contributed by atoms with Crippen LogP contribution in [0.15, 0.2) is 182 Å². The molecular formula is C65H58N2. The number of hydrogen-bond donors (Lipinski definition) is 0. The summed E-state index contributed by atoms with van der Waals surface area (Å²) >= 11 is 0. The molecule has 6 unspecified atom stereocenters. The van der Waals surface area contributed by atoms with Gasteiger partial charge in [-0.3, -0.25) is 0 Å². The average molecular weight is 867 g/mol. The van der Waals surface area contributed by atoms with E-state index in [1.807, 2.05) is 0 Å². The van der Waals surface area contributed by atoms with Crippen molar-refractivity contribution < 1.29 is 0 Å². The number of benzene rings is 8. The standard InChI is InChI=1S/C65H58N2/c1-65(2)59-40-61(66(50-29-25-45(26-30-50)55-37-41-21-23-47(55)35-41)51-31-27-46(28-32-51)56-38-42-22-24-48(56)36-42)57(44-15-8-4-9-16-44)39-58(59)53-33-34-54-62-52(43-13-6-3-7-14-43)19-12-20-60(62)67(64(54)63(53)65)49-17-10-5-11-18-49/h3-20,25-34,39-42,47-48,55-56H,21-24,35-38H2,1-2H3. The van der Waals surface area contributed by atoms with Crippen LogP contribution in [0, 0.1) is 23.7 Å². The van der Waals surface area contributed by atoms with Crippen LogP contribution in [0.1, 0.15) is 99.3 Å². The predicted octanol–water partition coefficient (Wildman–Crippen LogP) is 17.7. The van der Waals surface area contributed by atoms with Gasteiger partial charge in [-0.1, -0.05) is 154 Å². The number of anilines is 3. The smallest absolute Gasteiger partial charge is 0.0588 e. The second-order valence-electron chi connectivity index (χ2n) is 21.6. The van der Waals surface area contributed by atoms with Crippen LogP contribution >= 0.6 is 0 Å². The van der Waals surface area contributed by atoms with Gasteiger partial charge in [0.25, 0.3) is 0 Å². The molecule has 2 nitrogen and oxygen atoms in total. The minimum Gasteiger partial charge on any atom is -0.310 e. The van der Waals surface area contributed by atoms with Gasteiger partial charge >= 0.3 is 0 Å². The molecule has 0 N–H and O–H groups in total. The Morgan fingerprint density at radius 2 is 1.04 bits per heavy atom. The fourth-order valence-electron chi connectivity index (χ4n) is 14.7. The molecule has 0 amide bonds. The first-order chi connectivity index (χ1) is 33.0. The second kappa shape index (κ2) is 15.2. The van der Waals surface area contributed by atoms with Gasteiger partial charge in [0, 0.05) is 38.8 Å². The Labute approximate surface area is 395 Å². The van der Waals surface area contributed by atoms with E-state index in [0.29, 0.717) is 11.8 Å². The molecule has 5 aliphatic carbocycles. The topological polar surface area (TPSA) is 8.17 Å². The van der Waals surface area contributed by atoms with Crippen molar-refractivity contribution in [3.63, 3.8) is 0 Å². The van der Waals surface area contributed by atoms with Gasteiger partial charge in [-0.2, -0.15) is 0 Å². The minimum atomic E-state index is -0.315. The molecule has 67 heavy (non-hydrogen) atoms. The van der Waals surface area contributed by atoms with Crippen molar-refractivity contribution in [3.05, 3.63) is 204 Å². The highest BCUT2D eigenvalue weighted by atomic mass is 15.1. The average Bonchev–Trinajstić information content (AvgIpc) is 4.27. The van der Waals surface area contributed by atoms with E-state index in [2.05, 4.69) is 205 Å². The summed E-state index contributed by atoms with van der Waals surface area (Å²) in [4.78, 5) is 2.60. The molecule has 0 saturated heterocycles. The van der Waals surface area contributed by atoms with E-state index in [-0.39, 0.29) is 5.41 Å². The Balaban J connectivity index is 0.985. The lowest BCUT2D eigenvalue weighted by Crippen LogP contribution is -2.18. The molecule has 14 rings (SSSR count). The highest BCUT2D eigenvalue weighted by molar-refractivity contribution is 6.18. The van der Waals surface area contributed by atoms with Crippen LogP contribution in [-0.4, -0.2) is 4.57 Å². The van der Waals surface area contributed by atoms with Crippen LogP contribution in [0.2, 0.25) is 0 Å². The van der Waals surface area contributed by atoms with Gasteiger partial charge in [0.15, 0.2) is 0 Å². The molecule has 5 aliphatic rings. The van der Waals surface area contributed by atoms with E-state index >= 15 is 0 Å². The molecule has 328 valence electrons. The molecule has 4 bridgehead atoms. The molecule has 1 heterocycles. The van der Waals surface area contributed by atoms with Gasteiger partial charge in [-0.15, -0.1) is 0 Å². The Morgan fingerprint density at radius 1 is 0.478 bits per heavy atom. The molecule has 2 heteroatoms. The van der Waals surface area contributed by atoms with Gasteiger partial charge < -0.3 is 9.47 Å². The van der Waals surface area contributed by atoms with Crippen molar-refractivity contribution in [3.8, 4) is 39.1 Å². The third-order valence-corrected chi connectivity index (χ3v) is 17.7. The maximum absolute atomic E-state index is 2.60. The van der Waals surface area contributed by atoms with E-state index in [9.17, 15) is 0 Å². The number of aromatic nitrogens is 1. The zero-order valence-electron chi connectivity index (χ0n) is 38.8. The lowest BCUT2D eigenvalue weighted by atomic mass is 9.80. The Morgan fingerprint density at radius 3 is 1.60 bits per heavy atom. The first-order valence-electron chi connectivity index (χ1n) is 25.4. The highest BCUT2D eigenvalue weighted by Gasteiger charge is 2.43. The number of para-hydroxylation sites is 1. The summed E-state index contributed by atoms with van der Waals surface area (Å²) in [5.41, 5.74) is 20.6. The quantitative estimate of drug-likeness (QED) is 0.148. The maximum Gasteiger partial charge on any atom is 0.0588 e. The van der Waals surface area contributed by atoms with E-state index in [1.165, 1.54) is 152 Å². The van der Waals surface area contributed by atoms with Crippen molar-refractivity contribution in [2.24, 2.45) is 23.7 Å². The van der Waals surface area contributed by atoms with Crippen LogP contribution in [0.5, 0.6) is 0 Å². The lowest BCUT2D eigenvalue weighted by molar-refractivity contribution is 0.420. The van der Waals surface area contributed by atoms with Gasteiger partial charge in [-0.05, 0) is 179 Å². The van der Waals surface area contributed by atoms with E-state index < -0.39 is 0 Å². The first-order valence-corrected chi connectivity index (χ1v) is 25.4. The van der Waals surface area contributed by atoms with Crippen molar-refractivity contribution in [1.82, 2.24) is 4.57 Å². The third-order valence-electron chi connectivity index (χ3n) is 17.7. The summed E-state index contributed by atoms with van der Waals surface area (Å²) in [7, 11) is 0. The predicted molar refractivity (Wildman–Crippen MR) is 280 cm³/mol. The zero-order chi connectivity index (χ0) is 44.4. The largest absolute Gasteiger partial charge is 0.310 e. The minimum absolute atomic E-state index is 0.315. The van der Waals surface area contributed by atoms with Crippen LogP contribution < -0.4 is 4.90 Å². The fraction of sp³-hybridized carbons (Fsp3) is 0.262. The molecule has 4 fully saturated rings. The molecule has 0 aliphatic heterocycles. The number of fused-ring (bicyclic) bond motifs is 11. The molecule has 1 aromatic heterocycles. The molecule has 8 aromatic carbocycles. The van der Waals surface area contributed by atoms with Gasteiger partial charge in [0.05, 0.1) is 16.7 Å². The lowest BCUT2D eigenvalue weighted by Gasteiger charge is -2.31. The second-order valence-corrected chi connectivity index (χ2v) is 21.6. The number of rotatable bonds is 8. The van der Waals surface area contributed by atoms with Crippen molar-refractivity contribution >= 4 is 38.9 Å². The molecule has 6 atom stereocenters. The fourth-order valence-corrected chi connectivity index (χ4v) is 14.7. The molecule has 4 saturated carbocycles. The summed E-state index contributed by atoms with van der Waals surface area (Å²) in [5.74, 6) is 4.96. The normalized spacial score (nSPS) is 23.0. The van der Waals surface area contributed by atoms with Gasteiger partial charge in [-0.25, -0.2) is 0 Å². The SMILES string of the molecule is CC1(C)c2cc(N(c3ccc(C4CC5CCC4C5)cc3)c3ccc(C4CC5CCC4C5)cc3)c(-c3ccccc3)cc2-c2ccc3c4c(-c5ccccc5)cccc4n(-c4ccccc4)c3c21. The van der Waals surface area contributed by atoms with E-state index in [4.69, 9.17) is 0 Å². The maximum atomic E-state index is 2.60. The van der Waals surface area contributed by atoms with Gasteiger partial charge in [0.1, 0.15) is 0 Å². The molecule has 9 aromatic rings.